The van der Waals surface area contributed by atoms with Gasteiger partial charge in [-0.25, -0.2) is 0 Å². The highest BCUT2D eigenvalue weighted by Crippen LogP contribution is 1.77. The van der Waals surface area contributed by atoms with Crippen LogP contribution >= 0.6 is 0 Å². The Morgan fingerprint density at radius 2 is 1.58 bits per heavy atom. The Balaban J connectivity index is 4.03. The van der Waals surface area contributed by atoms with Gasteiger partial charge in [0.15, 0.2) is 0 Å². The molecule has 0 aromatic heterocycles. The molecule has 0 radical (unpaired) electrons. The van der Waals surface area contributed by atoms with Gasteiger partial charge in [0.2, 0.25) is 11.8 Å². The molecule has 2 amide bonds. The molecule has 68 valence electrons. The maximum absolute atomic E-state index is 10.6. The molecule has 0 spiro atoms. The van der Waals surface area contributed by atoms with Gasteiger partial charge in [-0.1, -0.05) is 11.8 Å². The average Bonchev–Trinajstić information content (AvgIpc) is 1.84. The molecule has 0 aromatic carbocycles. The molecule has 0 unspecified atom stereocenters. The van der Waals surface area contributed by atoms with Crippen molar-refractivity contribution in [1.82, 2.24) is 9.96 Å². The Kier molecular flexibility index (Phi) is 5.03. The number of nitrogens with one attached hydrogen (secondary N) is 2. The summed E-state index contributed by atoms with van der Waals surface area (Å²) in [5.41, 5.74) is 1.84. The van der Waals surface area contributed by atoms with Crippen LogP contribution in [-0.2, 0) is 9.59 Å². The molecule has 4 nitrogen and oxygen atoms in total. The number of amides is 2. The maximum Gasteiger partial charge on any atom is 0.272 e. The molecule has 0 aliphatic carbocycles. The van der Waals surface area contributed by atoms with Crippen molar-refractivity contribution in [3.8, 4) is 0 Å². The van der Waals surface area contributed by atoms with Gasteiger partial charge in [0.05, 0.1) is 0 Å². The molecule has 0 aliphatic heterocycles. The summed E-state index contributed by atoms with van der Waals surface area (Å²) >= 11 is 0. The molecular formula is C7H14N2O2Si. The van der Waals surface area contributed by atoms with Crippen LogP contribution in [0, 0.1) is 0 Å². The standard InChI is InChI=1S/C7H14N2O2Si/c1-4-5-12(8-6(2)10)9-7(3)11/h4-5,12H,1-3H3,(H,8,10)(H,9,11). The lowest BCUT2D eigenvalue weighted by atomic mass is 10.8. The molecule has 0 saturated heterocycles. The largest absolute Gasteiger partial charge is 0.364 e. The van der Waals surface area contributed by atoms with E-state index in [0.29, 0.717) is 0 Å². The molecule has 0 fully saturated rings. The van der Waals surface area contributed by atoms with Crippen molar-refractivity contribution in [2.24, 2.45) is 0 Å². The lowest BCUT2D eigenvalue weighted by Gasteiger charge is -2.11. The molecule has 2 N–H and O–H groups in total. The highest BCUT2D eigenvalue weighted by Gasteiger charge is 2.08. The Hall–Kier alpha value is -1.10. The minimum atomic E-state index is -1.73. The molecule has 12 heavy (non-hydrogen) atoms. The summed E-state index contributed by atoms with van der Waals surface area (Å²) in [5, 5.41) is 0. The molecule has 0 aliphatic rings. The van der Waals surface area contributed by atoms with E-state index >= 15 is 0 Å². The van der Waals surface area contributed by atoms with Crippen LogP contribution in [0.2, 0.25) is 0 Å². The summed E-state index contributed by atoms with van der Waals surface area (Å²) < 4.78 is 0. The third kappa shape index (κ3) is 5.66. The van der Waals surface area contributed by atoms with Gasteiger partial charge in [0, 0.05) is 13.8 Å². The van der Waals surface area contributed by atoms with Crippen molar-refractivity contribution in [3.63, 3.8) is 0 Å². The molecular weight excluding hydrogens is 172 g/mol. The van der Waals surface area contributed by atoms with Crippen molar-refractivity contribution >= 4 is 20.9 Å². The third-order valence-corrected chi connectivity index (χ3v) is 3.31. The fourth-order valence-corrected chi connectivity index (χ4v) is 2.29. The van der Waals surface area contributed by atoms with Crippen molar-refractivity contribution in [2.75, 3.05) is 0 Å². The highest BCUT2D eigenvalue weighted by atomic mass is 28.3. The molecule has 0 heterocycles. The van der Waals surface area contributed by atoms with E-state index in [9.17, 15) is 9.59 Å². The second-order valence-corrected chi connectivity index (χ2v) is 4.32. The van der Waals surface area contributed by atoms with E-state index in [1.165, 1.54) is 13.8 Å². The van der Waals surface area contributed by atoms with Crippen molar-refractivity contribution in [1.29, 1.82) is 0 Å². The predicted octanol–water partition coefficient (Wildman–Crippen LogP) is -0.406. The molecule has 0 atom stereocenters. The minimum absolute atomic E-state index is 0.112. The minimum Gasteiger partial charge on any atom is -0.364 e. The number of hydrogen-bond acceptors (Lipinski definition) is 2. The number of carbonyl (C=O) groups is 2. The second-order valence-electron chi connectivity index (χ2n) is 2.40. The second kappa shape index (κ2) is 5.53. The van der Waals surface area contributed by atoms with Crippen LogP contribution in [0.5, 0.6) is 0 Å². The topological polar surface area (TPSA) is 58.2 Å². The van der Waals surface area contributed by atoms with Crippen LogP contribution in [0.1, 0.15) is 20.8 Å². The first-order valence-electron chi connectivity index (χ1n) is 3.73. The highest BCUT2D eigenvalue weighted by molar-refractivity contribution is 6.64. The van der Waals surface area contributed by atoms with E-state index < -0.39 is 9.12 Å². The summed E-state index contributed by atoms with van der Waals surface area (Å²) in [5.74, 6) is -0.225. The number of allylic oxidation sites excluding steroid dienone is 1. The smallest absolute Gasteiger partial charge is 0.272 e. The number of rotatable bonds is 3. The van der Waals surface area contributed by atoms with E-state index in [4.69, 9.17) is 0 Å². The Labute approximate surface area is 73.8 Å². The van der Waals surface area contributed by atoms with Gasteiger partial charge in [0.1, 0.15) is 0 Å². The predicted molar refractivity (Wildman–Crippen MR) is 49.6 cm³/mol. The van der Waals surface area contributed by atoms with Gasteiger partial charge >= 0.3 is 0 Å². The number of carbonyl (C=O) groups excluding carboxylic acids is 2. The van der Waals surface area contributed by atoms with Gasteiger partial charge in [0.25, 0.3) is 9.12 Å². The summed E-state index contributed by atoms with van der Waals surface area (Å²) in [6.45, 7) is 4.72. The molecule has 0 rings (SSSR count). The van der Waals surface area contributed by atoms with Gasteiger partial charge in [-0.3, -0.25) is 9.59 Å². The lowest BCUT2D eigenvalue weighted by molar-refractivity contribution is -0.117. The van der Waals surface area contributed by atoms with E-state index in [1.807, 2.05) is 18.7 Å². The van der Waals surface area contributed by atoms with Gasteiger partial charge in [-0.2, -0.15) is 0 Å². The fraction of sp³-hybridized carbons (Fsp3) is 0.429. The first-order valence-corrected chi connectivity index (χ1v) is 5.55. The van der Waals surface area contributed by atoms with Gasteiger partial charge in [-0.05, 0) is 6.92 Å². The maximum atomic E-state index is 10.6. The normalized spacial score (nSPS) is 10.3. The molecule has 0 saturated carbocycles. The zero-order chi connectivity index (χ0) is 9.56. The first kappa shape index (κ1) is 10.9. The Morgan fingerprint density at radius 3 is 1.83 bits per heavy atom. The van der Waals surface area contributed by atoms with Crippen LogP contribution in [0.25, 0.3) is 0 Å². The van der Waals surface area contributed by atoms with Crippen molar-refractivity contribution < 1.29 is 9.59 Å². The Morgan fingerprint density at radius 1 is 1.17 bits per heavy atom. The van der Waals surface area contributed by atoms with Crippen molar-refractivity contribution in [3.05, 3.63) is 11.8 Å². The van der Waals surface area contributed by atoms with Gasteiger partial charge in [-0.15, -0.1) is 0 Å². The molecule has 5 heteroatoms. The average molecular weight is 186 g/mol. The van der Waals surface area contributed by atoms with Gasteiger partial charge < -0.3 is 9.96 Å². The zero-order valence-electron chi connectivity index (χ0n) is 7.55. The van der Waals surface area contributed by atoms with E-state index in [0.717, 1.165) is 0 Å². The summed E-state index contributed by atoms with van der Waals surface area (Å²) in [6.07, 6.45) is 1.82. The number of hydrogen-bond donors (Lipinski definition) is 2. The quantitative estimate of drug-likeness (QED) is 0.589. The van der Waals surface area contributed by atoms with Crippen LogP contribution < -0.4 is 9.96 Å². The summed E-state index contributed by atoms with van der Waals surface area (Å²) in [6, 6.07) is 0. The van der Waals surface area contributed by atoms with Crippen LogP contribution in [0.3, 0.4) is 0 Å². The first-order chi connectivity index (χ1) is 5.56. The van der Waals surface area contributed by atoms with Crippen LogP contribution in [0.15, 0.2) is 11.8 Å². The van der Waals surface area contributed by atoms with E-state index in [1.54, 1.807) is 0 Å². The van der Waals surface area contributed by atoms with E-state index in [2.05, 4.69) is 9.96 Å². The summed E-state index contributed by atoms with van der Waals surface area (Å²) in [7, 11) is -1.73. The zero-order valence-corrected chi connectivity index (χ0v) is 8.70. The van der Waals surface area contributed by atoms with Crippen LogP contribution in [-0.4, -0.2) is 20.9 Å². The fourth-order valence-electron chi connectivity index (χ4n) is 0.763. The Bertz CT molecular complexity index is 188. The monoisotopic (exact) mass is 186 g/mol. The SMILES string of the molecule is CC=C[SiH](NC(C)=O)NC(C)=O. The molecule has 0 bridgehead atoms. The summed E-state index contributed by atoms with van der Waals surface area (Å²) in [4.78, 5) is 26.7. The lowest BCUT2D eigenvalue weighted by Crippen LogP contribution is -2.50. The van der Waals surface area contributed by atoms with E-state index in [-0.39, 0.29) is 11.8 Å². The third-order valence-electron chi connectivity index (χ3n) is 1.10. The molecule has 0 aromatic rings. The van der Waals surface area contributed by atoms with Crippen molar-refractivity contribution in [2.45, 2.75) is 20.8 Å². The van der Waals surface area contributed by atoms with Crippen LogP contribution in [0.4, 0.5) is 0 Å².